The highest BCUT2D eigenvalue weighted by atomic mass is 32.2. The second-order valence-corrected chi connectivity index (χ2v) is 10.1. The van der Waals surface area contributed by atoms with Gasteiger partial charge in [0.05, 0.1) is 12.8 Å². The van der Waals surface area contributed by atoms with E-state index in [0.717, 1.165) is 27.5 Å². The molecule has 0 aliphatic heterocycles. The number of methoxy groups -OCH3 is 1. The number of benzene rings is 3. The summed E-state index contributed by atoms with van der Waals surface area (Å²) < 4.78 is 10.6. The smallest absolute Gasteiger partial charge is 0.349 e. The molecule has 0 aliphatic rings. The monoisotopic (exact) mass is 514 g/mol. The van der Waals surface area contributed by atoms with E-state index in [1.54, 1.807) is 30.0 Å². The fourth-order valence-electron chi connectivity index (χ4n) is 3.78. The Balaban J connectivity index is 1.38. The summed E-state index contributed by atoms with van der Waals surface area (Å²) >= 11 is 3.09. The number of amides is 1. The van der Waals surface area contributed by atoms with Crippen LogP contribution >= 0.6 is 23.1 Å². The molecule has 2 heterocycles. The number of para-hydroxylation sites is 1. The molecule has 3 aromatic carbocycles. The summed E-state index contributed by atoms with van der Waals surface area (Å²) in [6.07, 6.45) is 0.765. The first kappa shape index (κ1) is 23.8. The Hall–Kier alpha value is -3.88. The van der Waals surface area contributed by atoms with Crippen LogP contribution in [-0.4, -0.2) is 18.0 Å². The number of aromatic nitrogens is 1. The van der Waals surface area contributed by atoms with Gasteiger partial charge in [0.15, 0.2) is 16.5 Å². The van der Waals surface area contributed by atoms with Gasteiger partial charge in [-0.2, -0.15) is 0 Å². The normalized spacial score (nSPS) is 10.9. The molecule has 1 N–H and O–H groups in total. The molecule has 0 atom stereocenters. The van der Waals surface area contributed by atoms with Crippen LogP contribution in [0.5, 0.6) is 5.75 Å². The minimum absolute atomic E-state index is 0.0900. The van der Waals surface area contributed by atoms with E-state index in [-0.39, 0.29) is 5.56 Å². The van der Waals surface area contributed by atoms with Crippen molar-refractivity contribution in [2.45, 2.75) is 23.1 Å². The van der Waals surface area contributed by atoms with Crippen LogP contribution in [0.3, 0.4) is 0 Å². The molecule has 5 aromatic rings. The summed E-state index contributed by atoms with van der Waals surface area (Å²) in [7, 11) is 1.50. The first-order chi connectivity index (χ1) is 17.6. The van der Waals surface area contributed by atoms with E-state index in [9.17, 15) is 9.59 Å². The summed E-state index contributed by atoms with van der Waals surface area (Å²) in [6, 6.07) is 25.2. The summed E-state index contributed by atoms with van der Waals surface area (Å²) in [5.41, 5.74) is 1.28. The van der Waals surface area contributed by atoms with Gasteiger partial charge in [0.25, 0.3) is 5.91 Å². The quantitative estimate of drug-likeness (QED) is 0.238. The Morgan fingerprint density at radius 2 is 1.78 bits per heavy atom. The minimum atomic E-state index is -0.733. The van der Waals surface area contributed by atoms with Gasteiger partial charge in [-0.1, -0.05) is 61.2 Å². The summed E-state index contributed by atoms with van der Waals surface area (Å²) in [5.74, 6) is -0.132. The van der Waals surface area contributed by atoms with Gasteiger partial charge < -0.3 is 9.15 Å². The molecule has 180 valence electrons. The third-order valence-corrected chi connectivity index (χ3v) is 7.66. The van der Waals surface area contributed by atoms with E-state index in [1.165, 1.54) is 29.4 Å². The highest BCUT2D eigenvalue weighted by Gasteiger charge is 2.19. The zero-order chi connectivity index (χ0) is 25.1. The van der Waals surface area contributed by atoms with Crippen LogP contribution < -0.4 is 15.7 Å². The predicted molar refractivity (Wildman–Crippen MR) is 144 cm³/mol. The SMILES string of the molecule is CCc1sc(NC(=O)c2cc3cccc(OC)c3oc2=O)nc1-c1ccc(Sc2ccccc2)cc1. The third kappa shape index (κ3) is 4.91. The van der Waals surface area contributed by atoms with Gasteiger partial charge in [0.1, 0.15) is 5.56 Å². The topological polar surface area (TPSA) is 81.4 Å². The van der Waals surface area contributed by atoms with Crippen molar-refractivity contribution in [2.24, 2.45) is 0 Å². The van der Waals surface area contributed by atoms with Gasteiger partial charge in [-0.25, -0.2) is 9.78 Å². The van der Waals surface area contributed by atoms with Crippen LogP contribution in [-0.2, 0) is 6.42 Å². The van der Waals surface area contributed by atoms with Gasteiger partial charge in [-0.3, -0.25) is 10.1 Å². The van der Waals surface area contributed by atoms with E-state index < -0.39 is 11.5 Å². The standard InChI is InChI=1S/C28H22N2O4S2/c1-3-23-24(17-12-14-20(15-13-17)35-19-9-5-4-6-10-19)29-28(36-23)30-26(31)21-16-18-8-7-11-22(33-2)25(18)34-27(21)32/h4-16H,3H2,1-2H3,(H,29,30,31). The van der Waals surface area contributed by atoms with Crippen molar-refractivity contribution in [3.05, 3.63) is 99.7 Å². The average molecular weight is 515 g/mol. The molecule has 0 saturated heterocycles. The Morgan fingerprint density at radius 1 is 1.03 bits per heavy atom. The first-order valence-electron chi connectivity index (χ1n) is 11.3. The molecule has 0 saturated carbocycles. The lowest BCUT2D eigenvalue weighted by atomic mass is 10.1. The lowest BCUT2D eigenvalue weighted by Gasteiger charge is -2.05. The van der Waals surface area contributed by atoms with Crippen LogP contribution in [0.4, 0.5) is 5.13 Å². The fraction of sp³-hybridized carbons (Fsp3) is 0.107. The molecular formula is C28H22N2O4S2. The second-order valence-electron chi connectivity index (χ2n) is 7.86. The number of thiazole rings is 1. The Kier molecular flexibility index (Phi) is 6.88. The van der Waals surface area contributed by atoms with Gasteiger partial charge >= 0.3 is 5.63 Å². The molecule has 8 heteroatoms. The molecular weight excluding hydrogens is 492 g/mol. The molecule has 0 unspecified atom stereocenters. The average Bonchev–Trinajstić information content (AvgIpc) is 3.31. The lowest BCUT2D eigenvalue weighted by Crippen LogP contribution is -2.20. The molecule has 0 spiro atoms. The highest BCUT2D eigenvalue weighted by Crippen LogP contribution is 2.34. The van der Waals surface area contributed by atoms with E-state index in [2.05, 4.69) is 34.6 Å². The molecule has 2 aromatic heterocycles. The zero-order valence-electron chi connectivity index (χ0n) is 19.6. The molecule has 36 heavy (non-hydrogen) atoms. The molecule has 0 fully saturated rings. The molecule has 5 rings (SSSR count). The number of anilines is 1. The Morgan fingerprint density at radius 3 is 2.50 bits per heavy atom. The molecule has 0 radical (unpaired) electrons. The number of aryl methyl sites for hydroxylation is 1. The van der Waals surface area contributed by atoms with Crippen LogP contribution in [0.1, 0.15) is 22.2 Å². The largest absolute Gasteiger partial charge is 0.493 e. The number of rotatable bonds is 7. The van der Waals surface area contributed by atoms with Crippen molar-refractivity contribution in [2.75, 3.05) is 12.4 Å². The fourth-order valence-corrected chi connectivity index (χ4v) is 5.53. The lowest BCUT2D eigenvalue weighted by molar-refractivity contribution is 0.102. The summed E-state index contributed by atoms with van der Waals surface area (Å²) in [5, 5.41) is 3.80. The molecule has 0 aliphatic carbocycles. The number of carbonyl (C=O) groups excluding carboxylic acids is 1. The van der Waals surface area contributed by atoms with Crippen LogP contribution in [0, 0.1) is 0 Å². The van der Waals surface area contributed by atoms with Crippen LogP contribution in [0.25, 0.3) is 22.2 Å². The van der Waals surface area contributed by atoms with Gasteiger partial charge in [0, 0.05) is 25.6 Å². The number of nitrogens with one attached hydrogen (secondary N) is 1. The number of ether oxygens (including phenoxy) is 1. The summed E-state index contributed by atoms with van der Waals surface area (Å²) in [4.78, 5) is 33.5. The molecule has 1 amide bonds. The van der Waals surface area contributed by atoms with Crippen molar-refractivity contribution < 1.29 is 13.9 Å². The Labute approximate surface area is 216 Å². The predicted octanol–water partition coefficient (Wildman–Crippen LogP) is 6.89. The van der Waals surface area contributed by atoms with Gasteiger partial charge in [-0.05, 0) is 42.8 Å². The van der Waals surface area contributed by atoms with Crippen LogP contribution in [0.2, 0.25) is 0 Å². The molecule has 6 nitrogen and oxygen atoms in total. The van der Waals surface area contributed by atoms with E-state index in [0.29, 0.717) is 21.9 Å². The highest BCUT2D eigenvalue weighted by molar-refractivity contribution is 7.99. The zero-order valence-corrected chi connectivity index (χ0v) is 21.2. The van der Waals surface area contributed by atoms with E-state index >= 15 is 0 Å². The number of hydrogen-bond donors (Lipinski definition) is 1. The van der Waals surface area contributed by atoms with E-state index in [4.69, 9.17) is 9.15 Å². The maximum atomic E-state index is 13.0. The van der Waals surface area contributed by atoms with Gasteiger partial charge in [-0.15, -0.1) is 11.3 Å². The Bertz CT molecular complexity index is 1590. The van der Waals surface area contributed by atoms with Crippen molar-refractivity contribution in [3.8, 4) is 17.0 Å². The number of carbonyl (C=O) groups is 1. The second kappa shape index (κ2) is 10.4. The van der Waals surface area contributed by atoms with Crippen molar-refractivity contribution >= 4 is 45.1 Å². The number of fused-ring (bicyclic) bond motifs is 1. The number of nitrogens with zero attached hydrogens (tertiary/aromatic N) is 1. The maximum Gasteiger partial charge on any atom is 0.349 e. The maximum absolute atomic E-state index is 13.0. The van der Waals surface area contributed by atoms with Gasteiger partial charge in [0.2, 0.25) is 0 Å². The van der Waals surface area contributed by atoms with Crippen molar-refractivity contribution in [3.63, 3.8) is 0 Å². The van der Waals surface area contributed by atoms with E-state index in [1.807, 2.05) is 37.3 Å². The van der Waals surface area contributed by atoms with Crippen molar-refractivity contribution in [1.29, 1.82) is 0 Å². The van der Waals surface area contributed by atoms with Crippen molar-refractivity contribution in [1.82, 2.24) is 4.98 Å². The first-order valence-corrected chi connectivity index (χ1v) is 12.9. The minimum Gasteiger partial charge on any atom is -0.493 e. The van der Waals surface area contributed by atoms with Crippen LogP contribution in [0.15, 0.2) is 97.9 Å². The summed E-state index contributed by atoms with van der Waals surface area (Å²) in [6.45, 7) is 2.05. The molecule has 0 bridgehead atoms. The number of hydrogen-bond acceptors (Lipinski definition) is 7. The third-order valence-electron chi connectivity index (χ3n) is 5.53.